The second kappa shape index (κ2) is 6.10. The van der Waals surface area contributed by atoms with E-state index in [4.69, 9.17) is 22.8 Å². The van der Waals surface area contributed by atoms with Gasteiger partial charge in [0.05, 0.1) is 0 Å². The zero-order valence-electron chi connectivity index (χ0n) is 8.11. The van der Waals surface area contributed by atoms with Crippen molar-refractivity contribution in [3.8, 4) is 0 Å². The van der Waals surface area contributed by atoms with Crippen molar-refractivity contribution in [3.05, 3.63) is 23.2 Å². The number of hydrogen-bond donors (Lipinski definition) is 0. The van der Waals surface area contributed by atoms with E-state index in [2.05, 4.69) is 10.0 Å². The first-order chi connectivity index (χ1) is 6.86. The van der Waals surface area contributed by atoms with Crippen molar-refractivity contribution in [3.63, 3.8) is 0 Å². The molecule has 0 atom stereocenters. The van der Waals surface area contributed by atoms with Crippen molar-refractivity contribution in [1.82, 2.24) is 0 Å². The SMILES string of the molecule is [C-]#[N+]OCC1CCC(CO[N+]#[C-])CC1. The minimum absolute atomic E-state index is 0.522. The van der Waals surface area contributed by atoms with Gasteiger partial charge in [0.25, 0.3) is 0 Å². The quantitative estimate of drug-likeness (QED) is 0.508. The van der Waals surface area contributed by atoms with Crippen LogP contribution in [0.4, 0.5) is 0 Å². The molecule has 1 saturated carbocycles. The molecule has 4 nitrogen and oxygen atoms in total. The fourth-order valence-corrected chi connectivity index (χ4v) is 1.85. The van der Waals surface area contributed by atoms with Crippen molar-refractivity contribution < 1.29 is 9.68 Å². The maximum Gasteiger partial charge on any atom is 0.177 e. The molecule has 4 heteroatoms. The van der Waals surface area contributed by atoms with Gasteiger partial charge in [-0.05, 0) is 35.7 Å². The highest BCUT2D eigenvalue weighted by Gasteiger charge is 2.23. The lowest BCUT2D eigenvalue weighted by atomic mass is 9.83. The predicted octanol–water partition coefficient (Wildman–Crippen LogP) is 2.49. The Balaban J connectivity index is 2.12. The monoisotopic (exact) mass is 194 g/mol. The molecule has 0 aromatic heterocycles. The standard InChI is InChI=1S/C10H14N2O2/c1-11-13-7-9-3-5-10(6-4-9)8-14-12-2/h9-10H,3-8H2. The molecule has 0 radical (unpaired) electrons. The Morgan fingerprint density at radius 2 is 1.21 bits per heavy atom. The van der Waals surface area contributed by atoms with Crippen molar-refractivity contribution in [2.24, 2.45) is 11.8 Å². The molecule has 1 aliphatic carbocycles. The van der Waals surface area contributed by atoms with E-state index < -0.39 is 0 Å². The predicted molar refractivity (Wildman–Crippen MR) is 50.6 cm³/mol. The fourth-order valence-electron chi connectivity index (χ4n) is 1.85. The zero-order valence-corrected chi connectivity index (χ0v) is 8.11. The Kier molecular flexibility index (Phi) is 4.64. The molecule has 76 valence electrons. The third-order valence-corrected chi connectivity index (χ3v) is 2.72. The maximum absolute atomic E-state index is 6.50. The third kappa shape index (κ3) is 3.53. The molecule has 0 amide bonds. The molecule has 0 aromatic rings. The average Bonchev–Trinajstić information content (AvgIpc) is 2.25. The van der Waals surface area contributed by atoms with Crippen LogP contribution in [0.25, 0.3) is 10.0 Å². The van der Waals surface area contributed by atoms with Gasteiger partial charge in [-0.15, -0.1) is 0 Å². The summed E-state index contributed by atoms with van der Waals surface area (Å²) in [7, 11) is 0. The summed E-state index contributed by atoms with van der Waals surface area (Å²) >= 11 is 0. The highest BCUT2D eigenvalue weighted by atomic mass is 16.6. The zero-order chi connectivity index (χ0) is 10.2. The van der Waals surface area contributed by atoms with E-state index in [9.17, 15) is 0 Å². The van der Waals surface area contributed by atoms with Crippen LogP contribution in [0.3, 0.4) is 0 Å². The van der Waals surface area contributed by atoms with Crippen LogP contribution in [0.15, 0.2) is 0 Å². The first kappa shape index (κ1) is 10.7. The lowest BCUT2D eigenvalue weighted by Gasteiger charge is -2.24. The average molecular weight is 194 g/mol. The van der Waals surface area contributed by atoms with E-state index >= 15 is 0 Å². The summed E-state index contributed by atoms with van der Waals surface area (Å²) in [4.78, 5) is 9.40. The Morgan fingerprint density at radius 1 is 0.857 bits per heavy atom. The minimum Gasteiger partial charge on any atom is -0.199 e. The first-order valence-corrected chi connectivity index (χ1v) is 4.84. The largest absolute Gasteiger partial charge is 0.199 e. The van der Waals surface area contributed by atoms with Crippen LogP contribution in [0.2, 0.25) is 0 Å². The van der Waals surface area contributed by atoms with Gasteiger partial charge in [0, 0.05) is 11.8 Å². The molecule has 0 spiro atoms. The molecular weight excluding hydrogens is 180 g/mol. The summed E-state index contributed by atoms with van der Waals surface area (Å²) in [5, 5.41) is 5.77. The summed E-state index contributed by atoms with van der Waals surface area (Å²) < 4.78 is 0. The van der Waals surface area contributed by atoms with Crippen LogP contribution in [-0.4, -0.2) is 13.2 Å². The van der Waals surface area contributed by atoms with Gasteiger partial charge >= 0.3 is 0 Å². The summed E-state index contributed by atoms with van der Waals surface area (Å²) in [6, 6.07) is 0. The van der Waals surface area contributed by atoms with Crippen molar-refractivity contribution in [2.75, 3.05) is 13.2 Å². The van der Waals surface area contributed by atoms with Gasteiger partial charge in [-0.25, -0.2) is 0 Å². The van der Waals surface area contributed by atoms with Crippen LogP contribution in [0.5, 0.6) is 0 Å². The van der Waals surface area contributed by atoms with Gasteiger partial charge in [0.2, 0.25) is 0 Å². The Bertz CT molecular complexity index is 207. The smallest absolute Gasteiger partial charge is 0.177 e. The second-order valence-electron chi connectivity index (χ2n) is 3.66. The normalized spacial score (nSPS) is 25.9. The Morgan fingerprint density at radius 3 is 1.50 bits per heavy atom. The molecule has 0 heterocycles. The van der Waals surface area contributed by atoms with E-state index in [0.717, 1.165) is 25.7 Å². The second-order valence-corrected chi connectivity index (χ2v) is 3.66. The number of rotatable bonds is 4. The Hall–Kier alpha value is -1.42. The maximum atomic E-state index is 6.50. The topological polar surface area (TPSA) is 27.2 Å². The summed E-state index contributed by atoms with van der Waals surface area (Å²) in [6.07, 6.45) is 4.34. The molecule has 0 aromatic carbocycles. The molecule has 0 bridgehead atoms. The molecular formula is C10H14N2O2. The summed E-state index contributed by atoms with van der Waals surface area (Å²) in [6.45, 7) is 14.1. The van der Waals surface area contributed by atoms with Crippen LogP contribution in [-0.2, 0) is 9.68 Å². The van der Waals surface area contributed by atoms with Crippen LogP contribution in [0.1, 0.15) is 25.7 Å². The molecule has 0 unspecified atom stereocenters. The Labute approximate surface area is 84.4 Å². The molecule has 14 heavy (non-hydrogen) atoms. The van der Waals surface area contributed by atoms with E-state index in [1.54, 1.807) is 0 Å². The van der Waals surface area contributed by atoms with Gasteiger partial charge in [-0.1, -0.05) is 0 Å². The van der Waals surface area contributed by atoms with Gasteiger partial charge in [0.1, 0.15) is 0 Å². The van der Waals surface area contributed by atoms with Gasteiger partial charge < -0.3 is 0 Å². The number of nitrogens with zero attached hydrogens (tertiary/aromatic N) is 2. The lowest BCUT2D eigenvalue weighted by Crippen LogP contribution is -2.20. The van der Waals surface area contributed by atoms with Gasteiger partial charge in [-0.2, -0.15) is 22.8 Å². The summed E-state index contributed by atoms with van der Waals surface area (Å²) in [5.41, 5.74) is 0. The summed E-state index contributed by atoms with van der Waals surface area (Å²) in [5.74, 6) is 1.04. The van der Waals surface area contributed by atoms with Gasteiger partial charge in [0.15, 0.2) is 13.2 Å². The van der Waals surface area contributed by atoms with E-state index in [1.165, 1.54) is 0 Å². The molecule has 1 fully saturated rings. The fraction of sp³-hybridized carbons (Fsp3) is 0.800. The highest BCUT2D eigenvalue weighted by molar-refractivity contribution is 4.72. The van der Waals surface area contributed by atoms with Crippen LogP contribution < -0.4 is 0 Å². The van der Waals surface area contributed by atoms with Crippen molar-refractivity contribution in [2.45, 2.75) is 25.7 Å². The van der Waals surface area contributed by atoms with Crippen molar-refractivity contribution in [1.29, 1.82) is 0 Å². The third-order valence-electron chi connectivity index (χ3n) is 2.72. The lowest BCUT2D eigenvalue weighted by molar-refractivity contribution is 0.110. The molecule has 1 aliphatic rings. The molecule has 0 aliphatic heterocycles. The number of hydrogen-bond acceptors (Lipinski definition) is 2. The molecule has 0 N–H and O–H groups in total. The molecule has 1 rings (SSSR count). The van der Waals surface area contributed by atoms with Crippen molar-refractivity contribution >= 4 is 0 Å². The molecule has 0 saturated heterocycles. The van der Waals surface area contributed by atoms with E-state index in [1.807, 2.05) is 0 Å². The van der Waals surface area contributed by atoms with Crippen LogP contribution >= 0.6 is 0 Å². The van der Waals surface area contributed by atoms with E-state index in [0.29, 0.717) is 25.0 Å². The first-order valence-electron chi connectivity index (χ1n) is 4.84. The van der Waals surface area contributed by atoms with Gasteiger partial charge in [-0.3, -0.25) is 0 Å². The highest BCUT2D eigenvalue weighted by Crippen LogP contribution is 2.29. The minimum atomic E-state index is 0.522. The van der Waals surface area contributed by atoms with Crippen LogP contribution in [0, 0.1) is 25.0 Å². The van der Waals surface area contributed by atoms with E-state index in [-0.39, 0.29) is 0 Å².